The third-order valence-corrected chi connectivity index (χ3v) is 4.33. The van der Waals surface area contributed by atoms with Crippen molar-refractivity contribution in [3.8, 4) is 6.07 Å². The maximum absolute atomic E-state index is 10.5. The fraction of sp³-hybridized carbons (Fsp3) is 0. The highest BCUT2D eigenvalue weighted by atomic mass is 32.2. The van der Waals surface area contributed by atoms with Crippen LogP contribution in [0.3, 0.4) is 0 Å². The van der Waals surface area contributed by atoms with E-state index in [0.29, 0.717) is 5.56 Å². The van der Waals surface area contributed by atoms with Gasteiger partial charge in [-0.25, -0.2) is 0 Å². The van der Waals surface area contributed by atoms with Gasteiger partial charge in [-0.05, 0) is 30.3 Å². The van der Waals surface area contributed by atoms with Crippen LogP contribution < -0.4 is 0 Å². The highest BCUT2D eigenvalue weighted by molar-refractivity contribution is 7.86. The first-order chi connectivity index (χ1) is 11.4. The van der Waals surface area contributed by atoms with Crippen molar-refractivity contribution in [3.05, 3.63) is 64.2 Å². The molecule has 0 spiro atoms. The van der Waals surface area contributed by atoms with Gasteiger partial charge in [-0.3, -0.25) is 19.2 Å². The molecule has 2 aromatic rings. The van der Waals surface area contributed by atoms with E-state index < -0.39 is 30.1 Å². The summed E-state index contributed by atoms with van der Waals surface area (Å²) in [6.45, 7) is 0. The molecule has 0 aromatic heterocycles. The summed E-state index contributed by atoms with van der Waals surface area (Å²) in [6.07, 6.45) is 0. The molecule has 2 rings (SSSR count). The summed E-state index contributed by atoms with van der Waals surface area (Å²) in [7, 11) is -8.50. The Morgan fingerprint density at radius 2 is 1.44 bits per heavy atom. The molecule has 2 aromatic carbocycles. The average molecular weight is 386 g/mol. The molecule has 0 aliphatic heterocycles. The Hall–Kier alpha value is -2.85. The average Bonchev–Trinajstić information content (AvgIpc) is 2.54. The summed E-state index contributed by atoms with van der Waals surface area (Å²) in [4.78, 5) is 8.78. The summed E-state index contributed by atoms with van der Waals surface area (Å²) in [5.74, 6) is 0. The van der Waals surface area contributed by atoms with E-state index in [-0.39, 0.29) is 10.6 Å². The van der Waals surface area contributed by atoms with Crippen molar-refractivity contribution < 1.29 is 30.9 Å². The van der Waals surface area contributed by atoms with E-state index in [1.165, 1.54) is 30.3 Å². The first-order valence-corrected chi connectivity index (χ1v) is 9.03. The lowest BCUT2D eigenvalue weighted by Crippen LogP contribution is -1.98. The molecular weight excluding hydrogens is 376 g/mol. The number of nitriles is 1. The van der Waals surface area contributed by atoms with Gasteiger partial charge in [-0.1, -0.05) is 6.07 Å². The highest BCUT2D eigenvalue weighted by Gasteiger charge is 2.13. The molecule has 25 heavy (non-hydrogen) atoms. The number of hydrogen-bond acceptors (Lipinski definition) is 7. The summed E-state index contributed by atoms with van der Waals surface area (Å²) < 4.78 is 59.2. The number of non-ortho nitro benzene ring substituents is 1. The third-order valence-electron chi connectivity index (χ3n) is 2.61. The van der Waals surface area contributed by atoms with E-state index in [9.17, 15) is 26.9 Å². The van der Waals surface area contributed by atoms with Gasteiger partial charge in [0.15, 0.2) is 0 Å². The maximum atomic E-state index is 10.5. The number of nitro groups is 1. The summed E-state index contributed by atoms with van der Waals surface area (Å²) in [5.41, 5.74) is -0.0301. The minimum absolute atomic E-state index is 0.207. The van der Waals surface area contributed by atoms with Gasteiger partial charge < -0.3 is 0 Å². The maximum Gasteiger partial charge on any atom is 0.294 e. The van der Waals surface area contributed by atoms with Crippen LogP contribution in [0.25, 0.3) is 0 Å². The van der Waals surface area contributed by atoms with Crippen LogP contribution in [-0.2, 0) is 20.2 Å². The van der Waals surface area contributed by atoms with Gasteiger partial charge in [0.1, 0.15) is 4.90 Å². The minimum atomic E-state index is -4.36. The Balaban J connectivity index is 0.000000251. The first-order valence-electron chi connectivity index (χ1n) is 6.15. The lowest BCUT2D eigenvalue weighted by molar-refractivity contribution is -0.385. The Bertz CT molecular complexity index is 1020. The number of rotatable bonds is 3. The van der Waals surface area contributed by atoms with Gasteiger partial charge in [0.2, 0.25) is 0 Å². The minimum Gasteiger partial charge on any atom is -0.282 e. The fourth-order valence-corrected chi connectivity index (χ4v) is 2.46. The van der Waals surface area contributed by atoms with Crippen LogP contribution in [-0.4, -0.2) is 30.9 Å². The third kappa shape index (κ3) is 6.28. The first kappa shape index (κ1) is 20.2. The summed E-state index contributed by atoms with van der Waals surface area (Å²) in [6, 6.07) is 11.0. The molecule has 0 bridgehead atoms. The van der Waals surface area contributed by atoms with Crippen molar-refractivity contribution in [2.75, 3.05) is 0 Å². The van der Waals surface area contributed by atoms with Crippen LogP contribution in [0.5, 0.6) is 0 Å². The SMILES string of the molecule is N#Cc1ccc(S(=O)(=O)O)cc1.O=[N+]([O-])c1cccc(S(=O)(=O)O)c1. The molecule has 10 nitrogen and oxygen atoms in total. The van der Waals surface area contributed by atoms with Gasteiger partial charge in [-0.2, -0.15) is 22.1 Å². The molecule has 132 valence electrons. The van der Waals surface area contributed by atoms with E-state index in [1.807, 2.05) is 6.07 Å². The molecule has 0 saturated heterocycles. The van der Waals surface area contributed by atoms with E-state index in [2.05, 4.69) is 0 Å². The van der Waals surface area contributed by atoms with Crippen molar-refractivity contribution in [2.24, 2.45) is 0 Å². The zero-order chi connectivity index (χ0) is 19.3. The lowest BCUT2D eigenvalue weighted by Gasteiger charge is -1.95. The molecule has 0 saturated carbocycles. The van der Waals surface area contributed by atoms with Gasteiger partial charge in [-0.15, -0.1) is 0 Å². The molecule has 0 atom stereocenters. The molecular formula is C13H10N2O8S2. The van der Waals surface area contributed by atoms with E-state index in [1.54, 1.807) is 0 Å². The van der Waals surface area contributed by atoms with Crippen LogP contribution in [0.2, 0.25) is 0 Å². The Labute approximate surface area is 142 Å². The monoisotopic (exact) mass is 386 g/mol. The summed E-state index contributed by atoms with van der Waals surface area (Å²) >= 11 is 0. The second kappa shape index (κ2) is 7.81. The van der Waals surface area contributed by atoms with Crippen LogP contribution in [0.4, 0.5) is 5.69 Å². The smallest absolute Gasteiger partial charge is 0.282 e. The molecule has 0 aliphatic rings. The lowest BCUT2D eigenvalue weighted by atomic mass is 10.2. The van der Waals surface area contributed by atoms with Crippen LogP contribution in [0.1, 0.15) is 5.56 Å². The molecule has 0 amide bonds. The molecule has 0 radical (unpaired) electrons. The predicted molar refractivity (Wildman–Crippen MR) is 83.9 cm³/mol. The molecule has 0 unspecified atom stereocenters. The van der Waals surface area contributed by atoms with E-state index >= 15 is 0 Å². The summed E-state index contributed by atoms with van der Waals surface area (Å²) in [5, 5.41) is 18.6. The second-order valence-corrected chi connectivity index (χ2v) is 7.18. The molecule has 0 heterocycles. The van der Waals surface area contributed by atoms with Crippen molar-refractivity contribution in [1.82, 2.24) is 0 Å². The fourth-order valence-electron chi connectivity index (χ4n) is 1.46. The number of nitrogens with zero attached hydrogens (tertiary/aromatic N) is 2. The number of hydrogen-bond donors (Lipinski definition) is 2. The van der Waals surface area contributed by atoms with E-state index in [0.717, 1.165) is 18.2 Å². The van der Waals surface area contributed by atoms with Crippen LogP contribution in [0, 0.1) is 21.4 Å². The van der Waals surface area contributed by atoms with Crippen molar-refractivity contribution >= 4 is 25.9 Å². The Kier molecular flexibility index (Phi) is 6.31. The normalized spacial score (nSPS) is 10.9. The predicted octanol–water partition coefficient (Wildman–Crippen LogP) is 1.65. The van der Waals surface area contributed by atoms with E-state index in [4.69, 9.17) is 14.4 Å². The van der Waals surface area contributed by atoms with Crippen molar-refractivity contribution in [3.63, 3.8) is 0 Å². The van der Waals surface area contributed by atoms with Crippen molar-refractivity contribution in [1.29, 1.82) is 5.26 Å². The zero-order valence-electron chi connectivity index (χ0n) is 12.2. The molecule has 2 N–H and O–H groups in total. The highest BCUT2D eigenvalue weighted by Crippen LogP contribution is 2.16. The molecule has 0 aliphatic carbocycles. The van der Waals surface area contributed by atoms with Gasteiger partial charge >= 0.3 is 0 Å². The van der Waals surface area contributed by atoms with Crippen LogP contribution in [0.15, 0.2) is 58.3 Å². The van der Waals surface area contributed by atoms with Crippen LogP contribution >= 0.6 is 0 Å². The standard InChI is InChI=1S/C7H5NO3S.C6H5NO5S/c8-5-6-1-3-7(4-2-6)12(9,10)11;8-7(9)5-2-1-3-6(4-5)13(10,11)12/h1-4H,(H,9,10,11);1-4H,(H,10,11,12). The Morgan fingerprint density at radius 1 is 0.920 bits per heavy atom. The number of nitro benzene ring substituents is 1. The number of benzene rings is 2. The van der Waals surface area contributed by atoms with Gasteiger partial charge in [0.25, 0.3) is 25.9 Å². The molecule has 12 heteroatoms. The van der Waals surface area contributed by atoms with Gasteiger partial charge in [0, 0.05) is 12.1 Å². The topological polar surface area (TPSA) is 176 Å². The Morgan fingerprint density at radius 3 is 1.84 bits per heavy atom. The van der Waals surface area contributed by atoms with Crippen molar-refractivity contribution in [2.45, 2.75) is 9.79 Å². The van der Waals surface area contributed by atoms with Gasteiger partial charge in [0.05, 0.1) is 21.5 Å². The molecule has 0 fully saturated rings. The largest absolute Gasteiger partial charge is 0.294 e. The quantitative estimate of drug-likeness (QED) is 0.451. The second-order valence-electron chi connectivity index (χ2n) is 4.34. The zero-order valence-corrected chi connectivity index (χ0v) is 13.8.